The molecule has 0 amide bonds. The fraction of sp³-hybridized carbons (Fsp3) is 0.143. The third-order valence-electron chi connectivity index (χ3n) is 2.67. The molecule has 0 aliphatic carbocycles. The SMILES string of the molecule is COc1cccc(S(=O)Cc2ccc(N)cc2Br)c1. The van der Waals surface area contributed by atoms with Crippen molar-refractivity contribution >= 4 is 32.4 Å². The van der Waals surface area contributed by atoms with Crippen LogP contribution in [0.15, 0.2) is 51.8 Å². The average molecular weight is 340 g/mol. The Morgan fingerprint density at radius 3 is 2.74 bits per heavy atom. The van der Waals surface area contributed by atoms with Crippen LogP contribution in [-0.4, -0.2) is 11.3 Å². The molecule has 0 spiro atoms. The van der Waals surface area contributed by atoms with Crippen LogP contribution in [0.2, 0.25) is 0 Å². The van der Waals surface area contributed by atoms with Crippen molar-refractivity contribution in [2.45, 2.75) is 10.6 Å². The minimum absolute atomic E-state index is 0.439. The minimum atomic E-state index is -1.11. The number of nitrogens with two attached hydrogens (primary N) is 1. The molecule has 0 bridgehead atoms. The maximum atomic E-state index is 12.3. The first kappa shape index (κ1) is 14.1. The number of hydrogen-bond donors (Lipinski definition) is 1. The molecule has 5 heteroatoms. The number of rotatable bonds is 4. The number of halogens is 1. The van der Waals surface area contributed by atoms with E-state index in [0.29, 0.717) is 17.2 Å². The molecule has 1 unspecified atom stereocenters. The second-order valence-corrected chi connectivity index (χ2v) is 6.33. The molecule has 0 aliphatic heterocycles. The Morgan fingerprint density at radius 2 is 2.05 bits per heavy atom. The summed E-state index contributed by atoms with van der Waals surface area (Å²) in [4.78, 5) is 0.753. The van der Waals surface area contributed by atoms with Crippen LogP contribution in [0.3, 0.4) is 0 Å². The fourth-order valence-corrected chi connectivity index (χ4v) is 3.55. The third kappa shape index (κ3) is 3.58. The zero-order valence-electron chi connectivity index (χ0n) is 10.4. The molecule has 3 nitrogen and oxygen atoms in total. The smallest absolute Gasteiger partial charge is 0.120 e. The van der Waals surface area contributed by atoms with E-state index >= 15 is 0 Å². The van der Waals surface area contributed by atoms with Gasteiger partial charge in [0.25, 0.3) is 0 Å². The molecule has 2 N–H and O–H groups in total. The second kappa shape index (κ2) is 6.21. The molecule has 1 atom stereocenters. The van der Waals surface area contributed by atoms with E-state index in [1.54, 1.807) is 13.2 Å². The van der Waals surface area contributed by atoms with Gasteiger partial charge in [0, 0.05) is 15.1 Å². The summed E-state index contributed by atoms with van der Waals surface area (Å²) < 4.78 is 18.3. The highest BCUT2D eigenvalue weighted by molar-refractivity contribution is 9.10. The van der Waals surface area contributed by atoms with Gasteiger partial charge in [0.15, 0.2) is 0 Å². The van der Waals surface area contributed by atoms with Crippen LogP contribution in [0, 0.1) is 0 Å². The van der Waals surface area contributed by atoms with Gasteiger partial charge < -0.3 is 10.5 Å². The zero-order valence-corrected chi connectivity index (χ0v) is 12.8. The van der Waals surface area contributed by atoms with E-state index in [0.717, 1.165) is 14.9 Å². The highest BCUT2D eigenvalue weighted by atomic mass is 79.9. The number of ether oxygens (including phenoxy) is 1. The van der Waals surface area contributed by atoms with Gasteiger partial charge in [-0.15, -0.1) is 0 Å². The Balaban J connectivity index is 2.20. The molecule has 2 rings (SSSR count). The molecule has 0 aliphatic rings. The normalized spacial score (nSPS) is 12.1. The quantitative estimate of drug-likeness (QED) is 0.869. The van der Waals surface area contributed by atoms with Gasteiger partial charge in [-0.05, 0) is 35.9 Å². The zero-order chi connectivity index (χ0) is 13.8. The van der Waals surface area contributed by atoms with Gasteiger partial charge in [-0.2, -0.15) is 0 Å². The lowest BCUT2D eigenvalue weighted by Crippen LogP contribution is -1.98. The molecular weight excluding hydrogens is 326 g/mol. The number of methoxy groups -OCH3 is 1. The van der Waals surface area contributed by atoms with Gasteiger partial charge in [0.2, 0.25) is 0 Å². The van der Waals surface area contributed by atoms with Crippen molar-refractivity contribution in [1.29, 1.82) is 0 Å². The van der Waals surface area contributed by atoms with E-state index in [1.807, 2.05) is 36.4 Å². The van der Waals surface area contributed by atoms with Gasteiger partial charge in [-0.1, -0.05) is 28.1 Å². The van der Waals surface area contributed by atoms with Gasteiger partial charge >= 0.3 is 0 Å². The fourth-order valence-electron chi connectivity index (χ4n) is 1.65. The summed E-state index contributed by atoms with van der Waals surface area (Å²) in [6.45, 7) is 0. The Bertz CT molecular complexity index is 616. The van der Waals surface area contributed by atoms with Crippen molar-refractivity contribution < 1.29 is 8.95 Å². The van der Waals surface area contributed by atoms with Gasteiger partial charge in [0.1, 0.15) is 5.75 Å². The average Bonchev–Trinajstić information content (AvgIpc) is 2.42. The highest BCUT2D eigenvalue weighted by Gasteiger charge is 2.09. The van der Waals surface area contributed by atoms with E-state index < -0.39 is 10.8 Å². The summed E-state index contributed by atoms with van der Waals surface area (Å²) in [5.74, 6) is 1.15. The largest absolute Gasteiger partial charge is 0.497 e. The standard InChI is InChI=1S/C14H14BrNO2S/c1-18-12-3-2-4-13(8-12)19(17)9-10-5-6-11(16)7-14(10)15/h2-8H,9,16H2,1H3. The van der Waals surface area contributed by atoms with Crippen molar-refractivity contribution in [2.24, 2.45) is 0 Å². The first-order chi connectivity index (χ1) is 9.10. The predicted molar refractivity (Wildman–Crippen MR) is 81.7 cm³/mol. The van der Waals surface area contributed by atoms with Gasteiger partial charge in [0.05, 0.1) is 23.7 Å². The van der Waals surface area contributed by atoms with Crippen LogP contribution >= 0.6 is 15.9 Å². The monoisotopic (exact) mass is 339 g/mol. The molecule has 0 saturated heterocycles. The Morgan fingerprint density at radius 1 is 1.26 bits per heavy atom. The molecule has 100 valence electrons. The molecule has 2 aromatic carbocycles. The lowest BCUT2D eigenvalue weighted by Gasteiger charge is -2.07. The number of nitrogen functional groups attached to an aromatic ring is 1. The molecule has 0 aromatic heterocycles. The first-order valence-electron chi connectivity index (χ1n) is 5.66. The molecule has 19 heavy (non-hydrogen) atoms. The molecular formula is C14H14BrNO2S. The summed E-state index contributed by atoms with van der Waals surface area (Å²) in [5, 5.41) is 0. The summed E-state index contributed by atoms with van der Waals surface area (Å²) in [7, 11) is 0.482. The lowest BCUT2D eigenvalue weighted by atomic mass is 10.2. The molecule has 0 fully saturated rings. The number of anilines is 1. The summed E-state index contributed by atoms with van der Waals surface area (Å²) in [6.07, 6.45) is 0. The van der Waals surface area contributed by atoms with Gasteiger partial charge in [-0.3, -0.25) is 4.21 Å². The topological polar surface area (TPSA) is 52.3 Å². The lowest BCUT2D eigenvalue weighted by molar-refractivity contribution is 0.413. The Kier molecular flexibility index (Phi) is 4.61. The molecule has 0 heterocycles. The predicted octanol–water partition coefficient (Wildman–Crippen LogP) is 3.35. The van der Waals surface area contributed by atoms with Crippen LogP contribution in [0.4, 0.5) is 5.69 Å². The van der Waals surface area contributed by atoms with Crippen LogP contribution in [-0.2, 0) is 16.6 Å². The van der Waals surface area contributed by atoms with Gasteiger partial charge in [-0.25, -0.2) is 0 Å². The molecule has 0 radical (unpaired) electrons. The van der Waals surface area contributed by atoms with Crippen molar-refractivity contribution in [3.8, 4) is 5.75 Å². The summed E-state index contributed by atoms with van der Waals surface area (Å²) >= 11 is 3.44. The highest BCUT2D eigenvalue weighted by Crippen LogP contribution is 2.24. The van der Waals surface area contributed by atoms with E-state index in [4.69, 9.17) is 10.5 Å². The van der Waals surface area contributed by atoms with Crippen molar-refractivity contribution in [3.63, 3.8) is 0 Å². The summed E-state index contributed by atoms with van der Waals surface area (Å²) in [5.41, 5.74) is 7.34. The van der Waals surface area contributed by atoms with E-state index in [2.05, 4.69) is 15.9 Å². The third-order valence-corrected chi connectivity index (χ3v) is 4.76. The van der Waals surface area contributed by atoms with E-state index in [9.17, 15) is 4.21 Å². The number of benzene rings is 2. The molecule has 2 aromatic rings. The van der Waals surface area contributed by atoms with Crippen LogP contribution in [0.1, 0.15) is 5.56 Å². The van der Waals surface area contributed by atoms with E-state index in [1.165, 1.54) is 0 Å². The Labute approximate surface area is 123 Å². The summed E-state index contributed by atoms with van der Waals surface area (Å²) in [6, 6.07) is 12.8. The van der Waals surface area contributed by atoms with Crippen molar-refractivity contribution in [2.75, 3.05) is 12.8 Å². The first-order valence-corrected chi connectivity index (χ1v) is 7.77. The van der Waals surface area contributed by atoms with Crippen LogP contribution in [0.5, 0.6) is 5.75 Å². The maximum absolute atomic E-state index is 12.3. The maximum Gasteiger partial charge on any atom is 0.120 e. The Hall–Kier alpha value is -1.33. The van der Waals surface area contributed by atoms with Crippen LogP contribution < -0.4 is 10.5 Å². The minimum Gasteiger partial charge on any atom is -0.497 e. The van der Waals surface area contributed by atoms with E-state index in [-0.39, 0.29) is 0 Å². The van der Waals surface area contributed by atoms with Crippen molar-refractivity contribution in [1.82, 2.24) is 0 Å². The van der Waals surface area contributed by atoms with Crippen LogP contribution in [0.25, 0.3) is 0 Å². The molecule has 0 saturated carbocycles. The van der Waals surface area contributed by atoms with Crippen molar-refractivity contribution in [3.05, 3.63) is 52.5 Å². The second-order valence-electron chi connectivity index (χ2n) is 4.02. The number of hydrogen-bond acceptors (Lipinski definition) is 3.